The van der Waals surface area contributed by atoms with Gasteiger partial charge in [-0.25, -0.2) is 13.2 Å². The van der Waals surface area contributed by atoms with Gasteiger partial charge in [-0.05, 0) is 38.8 Å². The van der Waals surface area contributed by atoms with Crippen LogP contribution in [0.25, 0.3) is 0 Å². The van der Waals surface area contributed by atoms with Crippen molar-refractivity contribution in [2.75, 3.05) is 39.9 Å². The second-order valence-corrected chi connectivity index (χ2v) is 9.55. The van der Waals surface area contributed by atoms with Crippen LogP contribution in [0.1, 0.15) is 37.0 Å². The molecule has 0 bridgehead atoms. The molecule has 1 amide bonds. The van der Waals surface area contributed by atoms with E-state index in [2.05, 4.69) is 11.3 Å². The van der Waals surface area contributed by atoms with Crippen molar-refractivity contribution in [1.29, 1.82) is 0 Å². The van der Waals surface area contributed by atoms with Crippen molar-refractivity contribution in [2.24, 2.45) is 5.92 Å². The van der Waals surface area contributed by atoms with Gasteiger partial charge in [0.05, 0.1) is 23.5 Å². The fourth-order valence-corrected chi connectivity index (χ4v) is 5.13. The number of hydrogen-bond acceptors (Lipinski definition) is 7. The van der Waals surface area contributed by atoms with Crippen molar-refractivity contribution in [3.05, 3.63) is 42.0 Å². The van der Waals surface area contributed by atoms with Gasteiger partial charge in [-0.1, -0.05) is 24.3 Å². The summed E-state index contributed by atoms with van der Waals surface area (Å²) in [5.74, 6) is -2.05. The number of amides is 1. The third-order valence-corrected chi connectivity index (χ3v) is 7.19. The van der Waals surface area contributed by atoms with Crippen molar-refractivity contribution >= 4 is 27.9 Å². The molecule has 0 aliphatic carbocycles. The molecule has 1 aromatic rings. The van der Waals surface area contributed by atoms with Crippen LogP contribution in [0, 0.1) is 5.92 Å². The predicted molar refractivity (Wildman–Crippen MR) is 117 cm³/mol. The number of sulfonamides is 1. The molecule has 0 aromatic heterocycles. The van der Waals surface area contributed by atoms with Crippen molar-refractivity contribution in [3.63, 3.8) is 0 Å². The van der Waals surface area contributed by atoms with E-state index in [1.807, 2.05) is 13.8 Å². The zero-order valence-corrected chi connectivity index (χ0v) is 19.5. The third-order valence-electron chi connectivity index (χ3n) is 5.23. The standard InChI is InChI=1S/C22H30N2O7S/c1-5-23(14-16(2)3)20(25)15-31-21(26)17-10-12-24(13-11-17)32(28,29)19-9-7-6-8-18(19)22(27)30-4/h6-9,17H,2,5,10-15H2,1,3-4H3. The Kier molecular flexibility index (Phi) is 8.97. The van der Waals surface area contributed by atoms with Gasteiger partial charge < -0.3 is 14.4 Å². The summed E-state index contributed by atoms with van der Waals surface area (Å²) in [6, 6.07) is 5.85. The number of carbonyl (C=O) groups excluding carboxylic acids is 3. The lowest BCUT2D eigenvalue weighted by Gasteiger charge is -2.30. The van der Waals surface area contributed by atoms with Crippen molar-refractivity contribution in [1.82, 2.24) is 9.21 Å². The lowest BCUT2D eigenvalue weighted by molar-refractivity contribution is -0.156. The molecule has 0 unspecified atom stereocenters. The number of piperidine rings is 1. The Morgan fingerprint density at radius 1 is 1.19 bits per heavy atom. The van der Waals surface area contributed by atoms with E-state index in [0.717, 1.165) is 5.57 Å². The molecule has 176 valence electrons. The van der Waals surface area contributed by atoms with E-state index in [9.17, 15) is 22.8 Å². The van der Waals surface area contributed by atoms with Gasteiger partial charge in [0, 0.05) is 26.2 Å². The highest BCUT2D eigenvalue weighted by molar-refractivity contribution is 7.89. The smallest absolute Gasteiger partial charge is 0.339 e. The molecule has 0 atom stereocenters. The van der Waals surface area contributed by atoms with Crippen molar-refractivity contribution in [3.8, 4) is 0 Å². The summed E-state index contributed by atoms with van der Waals surface area (Å²) in [5.41, 5.74) is 0.791. The highest BCUT2D eigenvalue weighted by Crippen LogP contribution is 2.27. The van der Waals surface area contributed by atoms with Gasteiger partial charge >= 0.3 is 11.9 Å². The van der Waals surface area contributed by atoms with Crippen LogP contribution < -0.4 is 0 Å². The highest BCUT2D eigenvalue weighted by Gasteiger charge is 2.35. The van der Waals surface area contributed by atoms with Gasteiger partial charge in [0.2, 0.25) is 10.0 Å². The first-order chi connectivity index (χ1) is 15.1. The van der Waals surface area contributed by atoms with E-state index >= 15 is 0 Å². The Morgan fingerprint density at radius 3 is 2.38 bits per heavy atom. The minimum atomic E-state index is -3.94. The van der Waals surface area contributed by atoms with E-state index in [4.69, 9.17) is 4.74 Å². The molecule has 1 aliphatic heterocycles. The maximum Gasteiger partial charge on any atom is 0.339 e. The van der Waals surface area contributed by atoms with Crippen LogP contribution >= 0.6 is 0 Å². The van der Waals surface area contributed by atoms with Crippen LogP contribution in [0.4, 0.5) is 0 Å². The average molecular weight is 467 g/mol. The van der Waals surface area contributed by atoms with Crippen LogP contribution in [0.5, 0.6) is 0 Å². The lowest BCUT2D eigenvalue weighted by atomic mass is 9.98. The molecule has 0 N–H and O–H groups in total. The molecule has 10 heteroatoms. The number of nitrogens with zero attached hydrogens (tertiary/aromatic N) is 2. The Labute approximate surface area is 189 Å². The first kappa shape index (κ1) is 25.5. The SMILES string of the molecule is C=C(C)CN(CC)C(=O)COC(=O)C1CCN(S(=O)(=O)c2ccccc2C(=O)OC)CC1. The fourth-order valence-electron chi connectivity index (χ4n) is 3.49. The Morgan fingerprint density at radius 2 is 1.81 bits per heavy atom. The molecule has 0 spiro atoms. The summed E-state index contributed by atoms with van der Waals surface area (Å²) in [6.07, 6.45) is 0.520. The Hall–Kier alpha value is -2.72. The molecule has 9 nitrogen and oxygen atoms in total. The first-order valence-electron chi connectivity index (χ1n) is 10.4. The fraction of sp³-hybridized carbons (Fsp3) is 0.500. The predicted octanol–water partition coefficient (Wildman–Crippen LogP) is 1.84. The first-order valence-corrected chi connectivity index (χ1v) is 11.8. The highest BCUT2D eigenvalue weighted by atomic mass is 32.2. The quantitative estimate of drug-likeness (QED) is 0.403. The molecule has 0 saturated carbocycles. The third kappa shape index (κ3) is 6.17. The van der Waals surface area contributed by atoms with Crippen LogP contribution in [-0.2, 0) is 29.1 Å². The summed E-state index contributed by atoms with van der Waals surface area (Å²) < 4.78 is 37.2. The number of rotatable bonds is 9. The zero-order valence-electron chi connectivity index (χ0n) is 18.7. The van der Waals surface area contributed by atoms with E-state index in [-0.39, 0.29) is 48.9 Å². The maximum atomic E-state index is 13.1. The van der Waals surface area contributed by atoms with Crippen molar-refractivity contribution < 1.29 is 32.3 Å². The number of carbonyl (C=O) groups is 3. The molecule has 1 heterocycles. The lowest BCUT2D eigenvalue weighted by Crippen LogP contribution is -2.42. The van der Waals surface area contributed by atoms with Gasteiger partial charge in [-0.3, -0.25) is 9.59 Å². The summed E-state index contributed by atoms with van der Waals surface area (Å²) in [4.78, 5) is 38.0. The molecular formula is C22H30N2O7S. The van der Waals surface area contributed by atoms with Crippen LogP contribution in [-0.4, -0.2) is 75.4 Å². The van der Waals surface area contributed by atoms with Gasteiger partial charge in [-0.2, -0.15) is 4.31 Å². The average Bonchev–Trinajstić information content (AvgIpc) is 2.80. The summed E-state index contributed by atoms with van der Waals surface area (Å²) in [6.45, 7) is 8.15. The van der Waals surface area contributed by atoms with Gasteiger partial charge in [-0.15, -0.1) is 0 Å². The van der Waals surface area contributed by atoms with Gasteiger partial charge in [0.1, 0.15) is 0 Å². The molecule has 1 saturated heterocycles. The van der Waals surface area contributed by atoms with E-state index in [0.29, 0.717) is 13.1 Å². The van der Waals surface area contributed by atoms with Crippen LogP contribution in [0.15, 0.2) is 41.3 Å². The number of ether oxygens (including phenoxy) is 2. The topological polar surface area (TPSA) is 110 Å². The second kappa shape index (κ2) is 11.2. The molecule has 1 aromatic carbocycles. The van der Waals surface area contributed by atoms with Crippen LogP contribution in [0.3, 0.4) is 0 Å². The maximum absolute atomic E-state index is 13.1. The second-order valence-electron chi connectivity index (χ2n) is 7.64. The molecule has 0 radical (unpaired) electrons. The normalized spacial score (nSPS) is 15.1. The number of likely N-dealkylation sites (N-methyl/N-ethyl adjacent to an activating group) is 1. The van der Waals surface area contributed by atoms with Crippen LogP contribution in [0.2, 0.25) is 0 Å². The molecule has 1 aliphatic rings. The number of methoxy groups -OCH3 is 1. The molecule has 1 fully saturated rings. The number of esters is 2. The summed E-state index contributed by atoms with van der Waals surface area (Å²) >= 11 is 0. The van der Waals surface area contributed by atoms with E-state index in [1.165, 1.54) is 29.6 Å². The van der Waals surface area contributed by atoms with Crippen molar-refractivity contribution in [2.45, 2.75) is 31.6 Å². The Balaban J connectivity index is 1.97. The number of hydrogen-bond donors (Lipinski definition) is 0. The summed E-state index contributed by atoms with van der Waals surface area (Å²) in [7, 11) is -2.75. The molecule has 2 rings (SSSR count). The Bertz CT molecular complexity index is 966. The van der Waals surface area contributed by atoms with Gasteiger partial charge in [0.15, 0.2) is 6.61 Å². The van der Waals surface area contributed by atoms with Gasteiger partial charge in [0.25, 0.3) is 5.91 Å². The largest absolute Gasteiger partial charge is 0.465 e. The minimum absolute atomic E-state index is 0.0368. The molecule has 32 heavy (non-hydrogen) atoms. The summed E-state index contributed by atoms with van der Waals surface area (Å²) in [5, 5.41) is 0. The minimum Gasteiger partial charge on any atom is -0.465 e. The monoisotopic (exact) mass is 466 g/mol. The van der Waals surface area contributed by atoms with E-state index < -0.39 is 27.9 Å². The van der Waals surface area contributed by atoms with E-state index in [1.54, 1.807) is 11.0 Å². The molecular weight excluding hydrogens is 436 g/mol. The number of benzene rings is 1. The zero-order chi connectivity index (χ0) is 23.9.